The highest BCUT2D eigenvalue weighted by molar-refractivity contribution is 5.80. The smallest absolute Gasteiger partial charge is 0.222 e. The van der Waals surface area contributed by atoms with Crippen molar-refractivity contribution in [1.29, 1.82) is 0 Å². The highest BCUT2D eigenvalue weighted by atomic mass is 19.1. The summed E-state index contributed by atoms with van der Waals surface area (Å²) in [6, 6.07) is 17.4. The number of nitrogens with two attached hydrogens (primary N) is 1. The first-order chi connectivity index (χ1) is 17.9. The number of aliphatic imine (C=N–C) groups is 1. The van der Waals surface area contributed by atoms with Gasteiger partial charge in [0.1, 0.15) is 24.0 Å². The molecule has 1 aromatic heterocycles. The number of fused-ring (bicyclic) bond motifs is 2. The lowest BCUT2D eigenvalue weighted by Gasteiger charge is -2.25. The maximum atomic E-state index is 13.5. The van der Waals surface area contributed by atoms with Crippen molar-refractivity contribution in [1.82, 2.24) is 9.97 Å². The van der Waals surface area contributed by atoms with Crippen LogP contribution < -0.4 is 15.4 Å². The number of anilines is 2. The van der Waals surface area contributed by atoms with Crippen LogP contribution in [-0.2, 0) is 19.4 Å². The number of nitrogens with zero attached hydrogens (tertiary/aromatic N) is 4. The summed E-state index contributed by atoms with van der Waals surface area (Å²) >= 11 is 0. The van der Waals surface area contributed by atoms with E-state index in [2.05, 4.69) is 57.1 Å². The zero-order valence-electron chi connectivity index (χ0n) is 21.0. The number of ether oxygens (including phenoxy) is 1. The quantitative estimate of drug-likeness (QED) is 0.393. The summed E-state index contributed by atoms with van der Waals surface area (Å²) in [5, 5.41) is 0. The number of hydrogen-bond donors (Lipinski definition) is 1. The van der Waals surface area contributed by atoms with Gasteiger partial charge in [-0.15, -0.1) is 0 Å². The van der Waals surface area contributed by atoms with Gasteiger partial charge in [-0.25, -0.2) is 9.37 Å². The van der Waals surface area contributed by atoms with Gasteiger partial charge in [0, 0.05) is 42.4 Å². The van der Waals surface area contributed by atoms with Gasteiger partial charge in [0.15, 0.2) is 0 Å². The van der Waals surface area contributed by atoms with E-state index in [0.717, 1.165) is 62.8 Å². The second-order valence-corrected chi connectivity index (χ2v) is 9.68. The van der Waals surface area contributed by atoms with Crippen LogP contribution in [0.1, 0.15) is 33.5 Å². The summed E-state index contributed by atoms with van der Waals surface area (Å²) in [5.41, 5.74) is 15.7. The molecule has 6 nitrogen and oxygen atoms in total. The number of rotatable bonds is 4. The normalized spacial score (nSPS) is 14.2. The molecule has 0 aliphatic carbocycles. The molecule has 4 aromatic rings. The summed E-state index contributed by atoms with van der Waals surface area (Å²) in [7, 11) is 0. The number of aryl methyl sites for hydroxylation is 2. The molecule has 0 radical (unpaired) electrons. The van der Waals surface area contributed by atoms with E-state index in [1.807, 2.05) is 13.1 Å². The van der Waals surface area contributed by atoms with Gasteiger partial charge in [-0.05, 0) is 72.0 Å². The number of nitrogen functional groups attached to an aromatic ring is 1. The van der Waals surface area contributed by atoms with Crippen molar-refractivity contribution in [3.63, 3.8) is 0 Å². The Morgan fingerprint density at radius 3 is 2.65 bits per heavy atom. The average Bonchev–Trinajstić information content (AvgIpc) is 3.24. The lowest BCUT2D eigenvalue weighted by molar-refractivity contribution is 0.329. The monoisotopic (exact) mass is 493 g/mol. The van der Waals surface area contributed by atoms with Crippen molar-refractivity contribution in [2.24, 2.45) is 4.99 Å². The number of aromatic nitrogens is 2. The van der Waals surface area contributed by atoms with Gasteiger partial charge in [0.25, 0.3) is 0 Å². The maximum absolute atomic E-state index is 13.5. The Morgan fingerprint density at radius 2 is 1.81 bits per heavy atom. The third kappa shape index (κ3) is 4.53. The van der Waals surface area contributed by atoms with Crippen LogP contribution in [0.5, 0.6) is 5.75 Å². The molecule has 0 unspecified atom stereocenters. The minimum absolute atomic E-state index is 0.240. The van der Waals surface area contributed by atoms with Crippen LogP contribution in [0.15, 0.2) is 59.6 Å². The van der Waals surface area contributed by atoms with Crippen LogP contribution in [0.2, 0.25) is 0 Å². The van der Waals surface area contributed by atoms with E-state index in [4.69, 9.17) is 10.5 Å². The van der Waals surface area contributed by atoms with E-state index in [9.17, 15) is 4.39 Å². The van der Waals surface area contributed by atoms with E-state index in [1.165, 1.54) is 17.7 Å². The Hall–Kier alpha value is -4.26. The highest BCUT2D eigenvalue weighted by Crippen LogP contribution is 2.37. The Balaban J connectivity index is 1.38. The molecule has 0 spiro atoms. The molecule has 2 N–H and O–H groups in total. The van der Waals surface area contributed by atoms with Crippen molar-refractivity contribution in [3.8, 4) is 16.9 Å². The lowest BCUT2D eigenvalue weighted by atomic mass is 9.97. The van der Waals surface area contributed by atoms with Gasteiger partial charge in [-0.2, -0.15) is 4.98 Å². The number of benzene rings is 3. The van der Waals surface area contributed by atoms with Crippen LogP contribution in [0.3, 0.4) is 0 Å². The van der Waals surface area contributed by atoms with Crippen LogP contribution >= 0.6 is 0 Å². The van der Waals surface area contributed by atoms with Crippen molar-refractivity contribution < 1.29 is 9.13 Å². The Morgan fingerprint density at radius 1 is 0.973 bits per heavy atom. The van der Waals surface area contributed by atoms with Gasteiger partial charge in [0.2, 0.25) is 5.95 Å². The minimum Gasteiger partial charge on any atom is -0.491 e. The van der Waals surface area contributed by atoms with Crippen molar-refractivity contribution in [2.45, 2.75) is 33.2 Å². The van der Waals surface area contributed by atoms with Gasteiger partial charge in [-0.3, -0.25) is 4.99 Å². The summed E-state index contributed by atoms with van der Waals surface area (Å²) in [6.07, 6.45) is 3.44. The first kappa shape index (κ1) is 23.2. The summed E-state index contributed by atoms with van der Waals surface area (Å²) in [6.45, 7) is 5.85. The van der Waals surface area contributed by atoms with E-state index < -0.39 is 0 Å². The van der Waals surface area contributed by atoms with Crippen LogP contribution in [0.4, 0.5) is 21.8 Å². The van der Waals surface area contributed by atoms with Gasteiger partial charge < -0.3 is 15.4 Å². The third-order valence-electron chi connectivity index (χ3n) is 7.08. The van der Waals surface area contributed by atoms with Crippen molar-refractivity contribution in [2.75, 3.05) is 23.8 Å². The second-order valence-electron chi connectivity index (χ2n) is 9.68. The highest BCUT2D eigenvalue weighted by Gasteiger charge is 2.23. The van der Waals surface area contributed by atoms with E-state index in [-0.39, 0.29) is 11.8 Å². The topological polar surface area (TPSA) is 76.6 Å². The molecule has 3 heterocycles. The predicted molar refractivity (Wildman–Crippen MR) is 145 cm³/mol. The molecule has 186 valence electrons. The molecule has 0 saturated heterocycles. The third-order valence-corrected chi connectivity index (χ3v) is 7.08. The predicted octanol–water partition coefficient (Wildman–Crippen LogP) is 5.73. The zero-order valence-corrected chi connectivity index (χ0v) is 21.0. The van der Waals surface area contributed by atoms with Gasteiger partial charge in [-0.1, -0.05) is 24.3 Å². The fourth-order valence-corrected chi connectivity index (χ4v) is 5.22. The molecule has 37 heavy (non-hydrogen) atoms. The maximum Gasteiger partial charge on any atom is 0.222 e. The number of hydrogen-bond acceptors (Lipinski definition) is 6. The van der Waals surface area contributed by atoms with Crippen LogP contribution in [-0.4, -0.2) is 29.3 Å². The molecule has 0 amide bonds. The first-order valence-corrected chi connectivity index (χ1v) is 12.5. The second kappa shape index (κ2) is 9.32. The lowest BCUT2D eigenvalue weighted by Crippen LogP contribution is -2.28. The fourth-order valence-electron chi connectivity index (χ4n) is 5.22. The molecule has 6 rings (SSSR count). The molecule has 0 saturated carbocycles. The van der Waals surface area contributed by atoms with Crippen molar-refractivity contribution in [3.05, 3.63) is 93.9 Å². The standard InChI is InChI=1S/C30H28FN5O/c1-18-13-23(22-6-5-21-9-10-33-27(21)16-22)15-24-17-36(11-12-37-28(18)24)29-26(19(2)34-30(32)35-29)14-20-3-7-25(31)8-4-20/h3-8,10,13,15-16H,9,11-12,14,17H2,1-2H3,(H2,32,34,35). The van der Waals surface area contributed by atoms with E-state index in [1.54, 1.807) is 12.1 Å². The fraction of sp³-hybridized carbons (Fsp3) is 0.233. The summed E-state index contributed by atoms with van der Waals surface area (Å²) in [5.74, 6) is 1.70. The van der Waals surface area contributed by atoms with E-state index >= 15 is 0 Å². The van der Waals surface area contributed by atoms with Crippen LogP contribution in [0.25, 0.3) is 11.1 Å². The van der Waals surface area contributed by atoms with Crippen LogP contribution in [0, 0.1) is 19.7 Å². The van der Waals surface area contributed by atoms with Gasteiger partial charge >= 0.3 is 0 Å². The minimum atomic E-state index is -0.253. The molecule has 0 atom stereocenters. The zero-order chi connectivity index (χ0) is 25.5. The summed E-state index contributed by atoms with van der Waals surface area (Å²) < 4.78 is 19.7. The van der Waals surface area contributed by atoms with Crippen molar-refractivity contribution >= 4 is 23.7 Å². The Kier molecular flexibility index (Phi) is 5.83. The Bertz CT molecular complexity index is 1530. The Labute approximate surface area is 215 Å². The average molecular weight is 494 g/mol. The molecule has 2 aliphatic rings. The molecule has 7 heteroatoms. The molecular formula is C30H28FN5O. The SMILES string of the molecule is Cc1cc(-c2ccc3c(c2)N=CC3)cc2c1OCCN(c1nc(N)nc(C)c1Cc1ccc(F)cc1)C2. The largest absolute Gasteiger partial charge is 0.491 e. The molecule has 2 aliphatic heterocycles. The molecule has 0 bridgehead atoms. The molecular weight excluding hydrogens is 465 g/mol. The molecule has 3 aromatic carbocycles. The van der Waals surface area contributed by atoms with Gasteiger partial charge in [0.05, 0.1) is 12.2 Å². The molecule has 0 fully saturated rings. The van der Waals surface area contributed by atoms with E-state index in [0.29, 0.717) is 26.1 Å². The number of halogens is 1. The summed E-state index contributed by atoms with van der Waals surface area (Å²) in [4.78, 5) is 15.8. The first-order valence-electron chi connectivity index (χ1n) is 12.5.